The number of urea groups is 1. The van der Waals surface area contributed by atoms with Gasteiger partial charge in [0.05, 0.1) is 12.6 Å². The SMILES string of the molecule is COCCN(CCN(C)C)C(=O)N[C@@H]1COc2c1ccc(C)c2C. The van der Waals surface area contributed by atoms with Crippen LogP contribution in [-0.2, 0) is 4.74 Å². The Balaban J connectivity index is 2.04. The second kappa shape index (κ2) is 8.35. The van der Waals surface area contributed by atoms with Crippen molar-refractivity contribution in [3.05, 3.63) is 28.8 Å². The minimum absolute atomic E-state index is 0.0754. The van der Waals surface area contributed by atoms with E-state index in [1.807, 2.05) is 14.1 Å². The van der Waals surface area contributed by atoms with Crippen LogP contribution in [0.5, 0.6) is 5.75 Å². The predicted molar refractivity (Wildman–Crippen MR) is 94.7 cm³/mol. The van der Waals surface area contributed by atoms with E-state index in [1.54, 1.807) is 12.0 Å². The zero-order chi connectivity index (χ0) is 17.7. The summed E-state index contributed by atoms with van der Waals surface area (Å²) >= 11 is 0. The second-order valence-electron chi connectivity index (χ2n) is 6.52. The van der Waals surface area contributed by atoms with Crippen molar-refractivity contribution in [1.29, 1.82) is 0 Å². The van der Waals surface area contributed by atoms with E-state index in [0.717, 1.165) is 23.4 Å². The summed E-state index contributed by atoms with van der Waals surface area (Å²) in [6, 6.07) is 3.95. The molecule has 2 rings (SSSR count). The molecule has 0 saturated heterocycles. The lowest BCUT2D eigenvalue weighted by molar-refractivity contribution is 0.142. The number of amides is 2. The quantitative estimate of drug-likeness (QED) is 0.828. The van der Waals surface area contributed by atoms with Crippen LogP contribution in [0.4, 0.5) is 4.79 Å². The van der Waals surface area contributed by atoms with Crippen molar-refractivity contribution in [1.82, 2.24) is 15.1 Å². The molecule has 1 N–H and O–H groups in total. The van der Waals surface area contributed by atoms with Crippen LogP contribution < -0.4 is 10.1 Å². The Morgan fingerprint density at radius 3 is 2.71 bits per heavy atom. The predicted octanol–water partition coefficient (Wildman–Crippen LogP) is 1.96. The van der Waals surface area contributed by atoms with E-state index in [1.165, 1.54) is 5.56 Å². The number of ether oxygens (including phenoxy) is 2. The first kappa shape index (κ1) is 18.5. The van der Waals surface area contributed by atoms with Gasteiger partial charge in [0.15, 0.2) is 0 Å². The summed E-state index contributed by atoms with van der Waals surface area (Å²) < 4.78 is 10.9. The Morgan fingerprint density at radius 1 is 1.29 bits per heavy atom. The lowest BCUT2D eigenvalue weighted by Crippen LogP contribution is -2.46. The van der Waals surface area contributed by atoms with Crippen LogP contribution in [0.15, 0.2) is 12.1 Å². The van der Waals surface area contributed by atoms with Crippen molar-refractivity contribution in [2.24, 2.45) is 0 Å². The molecule has 0 spiro atoms. The van der Waals surface area contributed by atoms with Crippen molar-refractivity contribution >= 4 is 6.03 Å². The number of nitrogens with zero attached hydrogens (tertiary/aromatic N) is 2. The summed E-state index contributed by atoms with van der Waals surface area (Å²) in [5, 5.41) is 3.10. The second-order valence-corrected chi connectivity index (χ2v) is 6.52. The zero-order valence-electron chi connectivity index (χ0n) is 15.4. The third kappa shape index (κ3) is 4.39. The summed E-state index contributed by atoms with van der Waals surface area (Å²) in [6.45, 7) is 7.18. The number of benzene rings is 1. The van der Waals surface area contributed by atoms with E-state index in [9.17, 15) is 4.79 Å². The van der Waals surface area contributed by atoms with Crippen LogP contribution in [0.2, 0.25) is 0 Å². The number of carbonyl (C=O) groups is 1. The Hall–Kier alpha value is -1.79. The topological polar surface area (TPSA) is 54.0 Å². The van der Waals surface area contributed by atoms with Gasteiger partial charge in [0, 0.05) is 32.3 Å². The number of carbonyl (C=O) groups excluding carboxylic acids is 1. The highest BCUT2D eigenvalue weighted by atomic mass is 16.5. The normalized spacial score (nSPS) is 16.0. The maximum Gasteiger partial charge on any atom is 0.318 e. The molecule has 0 saturated carbocycles. The van der Waals surface area contributed by atoms with Crippen molar-refractivity contribution in [2.75, 3.05) is 54.1 Å². The van der Waals surface area contributed by atoms with E-state index in [4.69, 9.17) is 9.47 Å². The minimum Gasteiger partial charge on any atom is -0.490 e. The average molecular weight is 335 g/mol. The van der Waals surface area contributed by atoms with E-state index >= 15 is 0 Å². The highest BCUT2D eigenvalue weighted by molar-refractivity contribution is 5.75. The van der Waals surface area contributed by atoms with Gasteiger partial charge in [-0.2, -0.15) is 0 Å². The van der Waals surface area contributed by atoms with Gasteiger partial charge in [0.25, 0.3) is 0 Å². The Morgan fingerprint density at radius 2 is 2.04 bits per heavy atom. The zero-order valence-corrected chi connectivity index (χ0v) is 15.4. The van der Waals surface area contributed by atoms with Gasteiger partial charge < -0.3 is 24.6 Å². The van der Waals surface area contributed by atoms with Gasteiger partial charge in [-0.15, -0.1) is 0 Å². The van der Waals surface area contributed by atoms with E-state index < -0.39 is 0 Å². The van der Waals surface area contributed by atoms with Gasteiger partial charge in [-0.1, -0.05) is 12.1 Å². The van der Waals surface area contributed by atoms with Crippen molar-refractivity contribution in [2.45, 2.75) is 19.9 Å². The molecule has 0 aliphatic carbocycles. The van der Waals surface area contributed by atoms with E-state index in [0.29, 0.717) is 26.3 Å². The van der Waals surface area contributed by atoms with E-state index in [-0.39, 0.29) is 12.1 Å². The number of rotatable bonds is 7. The van der Waals surface area contributed by atoms with Gasteiger partial charge in [0.2, 0.25) is 0 Å². The van der Waals surface area contributed by atoms with Crippen molar-refractivity contribution < 1.29 is 14.3 Å². The fourth-order valence-electron chi connectivity index (χ4n) is 2.73. The van der Waals surface area contributed by atoms with Crippen LogP contribution in [0.1, 0.15) is 22.7 Å². The smallest absolute Gasteiger partial charge is 0.318 e. The maximum atomic E-state index is 12.7. The summed E-state index contributed by atoms with van der Waals surface area (Å²) in [6.07, 6.45) is 0. The summed E-state index contributed by atoms with van der Waals surface area (Å²) in [5.41, 5.74) is 3.41. The first-order chi connectivity index (χ1) is 11.4. The van der Waals surface area contributed by atoms with Crippen LogP contribution in [-0.4, -0.2) is 69.9 Å². The number of likely N-dealkylation sites (N-methyl/N-ethyl adjacent to an activating group) is 1. The number of fused-ring (bicyclic) bond motifs is 1. The Kier molecular flexibility index (Phi) is 6.45. The van der Waals surface area contributed by atoms with E-state index in [2.05, 4.69) is 36.2 Å². The standard InChI is InChI=1S/C18H29N3O3/c1-13-6-7-15-16(12-24-17(15)14(13)2)19-18(22)21(10-11-23-5)9-8-20(3)4/h6-7,16H,8-12H2,1-5H3,(H,19,22)/t16-/m1/s1. The molecule has 0 bridgehead atoms. The minimum atomic E-state index is -0.101. The number of nitrogens with one attached hydrogen (secondary N) is 1. The molecular formula is C18H29N3O3. The fraction of sp³-hybridized carbons (Fsp3) is 0.611. The van der Waals surface area contributed by atoms with Gasteiger partial charge in [-0.25, -0.2) is 4.79 Å². The van der Waals surface area contributed by atoms with Gasteiger partial charge in [-0.3, -0.25) is 0 Å². The van der Waals surface area contributed by atoms with Crippen LogP contribution in [0.3, 0.4) is 0 Å². The summed E-state index contributed by atoms with van der Waals surface area (Å²) in [7, 11) is 5.64. The number of methoxy groups -OCH3 is 1. The average Bonchev–Trinajstić information content (AvgIpc) is 2.94. The number of hydrogen-bond donors (Lipinski definition) is 1. The van der Waals surface area contributed by atoms with Gasteiger partial charge >= 0.3 is 6.03 Å². The Labute approximate surface area is 144 Å². The van der Waals surface area contributed by atoms with Crippen LogP contribution in [0, 0.1) is 13.8 Å². The molecule has 1 atom stereocenters. The summed E-state index contributed by atoms with van der Waals surface area (Å²) in [5.74, 6) is 0.914. The highest BCUT2D eigenvalue weighted by Gasteiger charge is 2.28. The summed E-state index contributed by atoms with van der Waals surface area (Å²) in [4.78, 5) is 16.5. The highest BCUT2D eigenvalue weighted by Crippen LogP contribution is 2.36. The first-order valence-corrected chi connectivity index (χ1v) is 8.36. The molecule has 6 heteroatoms. The third-order valence-electron chi connectivity index (χ3n) is 4.44. The van der Waals surface area contributed by atoms with Crippen LogP contribution in [0.25, 0.3) is 0 Å². The number of hydrogen-bond acceptors (Lipinski definition) is 4. The maximum absolute atomic E-state index is 12.7. The molecule has 24 heavy (non-hydrogen) atoms. The molecule has 1 heterocycles. The molecule has 134 valence electrons. The lowest BCUT2D eigenvalue weighted by atomic mass is 10.0. The largest absolute Gasteiger partial charge is 0.490 e. The molecule has 6 nitrogen and oxygen atoms in total. The van der Waals surface area contributed by atoms with Crippen molar-refractivity contribution in [3.63, 3.8) is 0 Å². The first-order valence-electron chi connectivity index (χ1n) is 8.36. The Bertz CT molecular complexity index is 575. The van der Waals surface area contributed by atoms with Crippen LogP contribution >= 0.6 is 0 Å². The molecule has 1 aromatic carbocycles. The van der Waals surface area contributed by atoms with Gasteiger partial charge in [0.1, 0.15) is 12.4 Å². The van der Waals surface area contributed by atoms with Crippen molar-refractivity contribution in [3.8, 4) is 5.75 Å². The fourth-order valence-corrected chi connectivity index (χ4v) is 2.73. The molecule has 1 aliphatic rings. The monoisotopic (exact) mass is 335 g/mol. The lowest BCUT2D eigenvalue weighted by Gasteiger charge is -2.26. The molecule has 1 aliphatic heterocycles. The molecule has 0 radical (unpaired) electrons. The molecule has 2 amide bonds. The molecular weight excluding hydrogens is 306 g/mol. The molecule has 0 unspecified atom stereocenters. The molecule has 1 aromatic rings. The third-order valence-corrected chi connectivity index (χ3v) is 4.44. The van der Waals surface area contributed by atoms with Gasteiger partial charge in [-0.05, 0) is 39.1 Å². The molecule has 0 fully saturated rings. The molecule has 0 aromatic heterocycles. The number of aryl methyl sites for hydroxylation is 1.